The van der Waals surface area contributed by atoms with Gasteiger partial charge >= 0.3 is 7.82 Å². The van der Waals surface area contributed by atoms with E-state index in [0.29, 0.717) is 65.5 Å². The highest BCUT2D eigenvalue weighted by molar-refractivity contribution is 7.46. The maximum Gasteiger partial charge on any atom is 0.470 e. The molecular formula is C54H67N10O8PS. The summed E-state index contributed by atoms with van der Waals surface area (Å²) in [5.74, 6) is 0.152. The summed E-state index contributed by atoms with van der Waals surface area (Å²) in [6.07, 6.45) is 16.0. The number of piperidine rings is 1. The van der Waals surface area contributed by atoms with E-state index in [4.69, 9.17) is 14.5 Å². The molecule has 3 fully saturated rings. The lowest BCUT2D eigenvalue weighted by molar-refractivity contribution is -0.111. The molecule has 4 aromatic heterocycles. The van der Waals surface area contributed by atoms with E-state index < -0.39 is 20.0 Å². The highest BCUT2D eigenvalue weighted by atomic mass is 32.1. The molecule has 20 heteroatoms. The SMILES string of the molecule is C=CC(=O)Nc1cc(Nc2nc(-c3ccnc(N4CCc5c(sc6c5CCCC6)C4=O)c3CO)cn(C)c2=O)ccc1N1CCN(C2CCN(c3ccnc(C4CCC(C)(OP(=O)(O)O)CC4)c3)[C@H](C)C2)C[C@@H]1C. The van der Waals surface area contributed by atoms with Gasteiger partial charge in [0.05, 0.1) is 34.2 Å². The van der Waals surface area contributed by atoms with E-state index in [-0.39, 0.29) is 35.2 Å². The normalized spacial score (nSPS) is 23.6. The van der Waals surface area contributed by atoms with Crippen LogP contribution in [0, 0.1) is 0 Å². The minimum atomic E-state index is -4.57. The molecule has 392 valence electrons. The number of thiophene rings is 1. The first-order valence-corrected chi connectivity index (χ1v) is 28.3. The number of aromatic nitrogens is 4. The zero-order chi connectivity index (χ0) is 52.1. The van der Waals surface area contributed by atoms with Gasteiger partial charge in [-0.25, -0.2) is 14.5 Å². The number of nitrogens with zero attached hydrogens (tertiary/aromatic N) is 8. The van der Waals surface area contributed by atoms with E-state index in [1.54, 1.807) is 54.7 Å². The van der Waals surface area contributed by atoms with Crippen molar-refractivity contribution in [3.8, 4) is 11.3 Å². The molecule has 1 unspecified atom stereocenters. The Morgan fingerprint density at radius 2 is 1.74 bits per heavy atom. The molecule has 2 amide bonds. The number of aliphatic hydroxyl groups is 1. The van der Waals surface area contributed by atoms with Crippen LogP contribution in [0.5, 0.6) is 0 Å². The first-order valence-electron chi connectivity index (χ1n) is 26.0. The summed E-state index contributed by atoms with van der Waals surface area (Å²) in [5.41, 5.74) is 6.79. The molecule has 10 rings (SSSR count). The van der Waals surface area contributed by atoms with Crippen LogP contribution in [0.4, 0.5) is 34.4 Å². The summed E-state index contributed by atoms with van der Waals surface area (Å²) >= 11 is 1.60. The fraction of sp³-hybridized carbons (Fsp3) is 0.481. The van der Waals surface area contributed by atoms with Gasteiger partial charge in [-0.2, -0.15) is 0 Å². The molecule has 1 aromatic carbocycles. The van der Waals surface area contributed by atoms with Gasteiger partial charge in [-0.3, -0.25) is 33.7 Å². The van der Waals surface area contributed by atoms with E-state index >= 15 is 0 Å². The molecule has 3 aliphatic heterocycles. The summed E-state index contributed by atoms with van der Waals surface area (Å²) in [5, 5.41) is 17.1. The summed E-state index contributed by atoms with van der Waals surface area (Å²) in [4.78, 5) is 84.9. The molecule has 5 aromatic rings. The van der Waals surface area contributed by atoms with Gasteiger partial charge in [0.15, 0.2) is 5.82 Å². The Labute approximate surface area is 435 Å². The number of hydrogen-bond acceptors (Lipinski definition) is 14. The molecule has 18 nitrogen and oxygen atoms in total. The van der Waals surface area contributed by atoms with E-state index in [9.17, 15) is 33.8 Å². The van der Waals surface area contributed by atoms with Crippen LogP contribution >= 0.6 is 19.2 Å². The first-order chi connectivity index (χ1) is 35.5. The fourth-order valence-electron chi connectivity index (χ4n) is 12.2. The summed E-state index contributed by atoms with van der Waals surface area (Å²) in [7, 11) is -2.93. The number of phosphoric ester groups is 1. The number of aliphatic hydroxyl groups excluding tert-OH is 1. The molecule has 1 saturated carbocycles. The lowest BCUT2D eigenvalue weighted by Crippen LogP contribution is -2.58. The maximum atomic E-state index is 14.1. The number of piperazine rings is 1. The second-order valence-electron chi connectivity index (χ2n) is 21.0. The molecule has 5 N–H and O–H groups in total. The predicted octanol–water partition coefficient (Wildman–Crippen LogP) is 7.83. The lowest BCUT2D eigenvalue weighted by Gasteiger charge is -2.48. The summed E-state index contributed by atoms with van der Waals surface area (Å²) in [6.45, 7) is 13.3. The minimum Gasteiger partial charge on any atom is -0.392 e. The quantitative estimate of drug-likeness (QED) is 0.0561. The third-order valence-corrected chi connectivity index (χ3v) is 18.0. The van der Waals surface area contributed by atoms with Crippen LogP contribution in [0.2, 0.25) is 0 Å². The number of carbonyl (C=O) groups excluding carboxylic acids is 2. The van der Waals surface area contributed by atoms with Gasteiger partial charge < -0.3 is 39.9 Å². The molecule has 0 spiro atoms. The van der Waals surface area contributed by atoms with Crippen LogP contribution in [0.3, 0.4) is 0 Å². The van der Waals surface area contributed by atoms with Crippen molar-refractivity contribution in [2.24, 2.45) is 7.05 Å². The van der Waals surface area contributed by atoms with Crippen molar-refractivity contribution in [1.82, 2.24) is 24.4 Å². The Morgan fingerprint density at radius 3 is 2.49 bits per heavy atom. The number of nitrogens with one attached hydrogen (secondary N) is 2. The van der Waals surface area contributed by atoms with Crippen molar-refractivity contribution in [3.05, 3.63) is 110 Å². The number of carbonyl (C=O) groups is 2. The van der Waals surface area contributed by atoms with E-state index in [0.717, 1.165) is 106 Å². The highest BCUT2D eigenvalue weighted by Gasteiger charge is 2.40. The van der Waals surface area contributed by atoms with Crippen LogP contribution < -0.4 is 30.9 Å². The number of anilines is 6. The Bertz CT molecular complexity index is 3080. The lowest BCUT2D eigenvalue weighted by atomic mass is 9.78. The summed E-state index contributed by atoms with van der Waals surface area (Å²) < 4.78 is 18.2. The molecule has 2 aliphatic carbocycles. The van der Waals surface area contributed by atoms with Gasteiger partial charge in [0.25, 0.3) is 11.5 Å². The second-order valence-corrected chi connectivity index (χ2v) is 23.3. The summed E-state index contributed by atoms with van der Waals surface area (Å²) in [6, 6.07) is 12.5. The van der Waals surface area contributed by atoms with Crippen LogP contribution in [-0.4, -0.2) is 108 Å². The van der Waals surface area contributed by atoms with E-state index in [2.05, 4.69) is 62.9 Å². The smallest absolute Gasteiger partial charge is 0.392 e. The van der Waals surface area contributed by atoms with E-state index in [1.807, 2.05) is 18.3 Å². The number of amides is 2. The third kappa shape index (κ3) is 10.6. The van der Waals surface area contributed by atoms with Crippen molar-refractivity contribution in [1.29, 1.82) is 0 Å². The molecule has 5 aliphatic rings. The van der Waals surface area contributed by atoms with Crippen LogP contribution in [0.15, 0.2) is 72.4 Å². The number of benzene rings is 1. The van der Waals surface area contributed by atoms with Crippen LogP contribution in [0.25, 0.3) is 11.3 Å². The number of phosphoric acid groups is 1. The van der Waals surface area contributed by atoms with Crippen molar-refractivity contribution in [2.45, 2.75) is 128 Å². The monoisotopic (exact) mass is 1050 g/mol. The zero-order valence-corrected chi connectivity index (χ0v) is 44.3. The van der Waals surface area contributed by atoms with Crippen molar-refractivity contribution in [2.75, 3.05) is 58.1 Å². The van der Waals surface area contributed by atoms with Gasteiger partial charge in [0.1, 0.15) is 5.82 Å². The van der Waals surface area contributed by atoms with Gasteiger partial charge in [-0.15, -0.1) is 11.3 Å². The Morgan fingerprint density at radius 1 is 0.959 bits per heavy atom. The van der Waals surface area contributed by atoms with Gasteiger partial charge in [-0.1, -0.05) is 6.58 Å². The second kappa shape index (κ2) is 21.1. The number of rotatable bonds is 13. The molecule has 3 atom stereocenters. The largest absolute Gasteiger partial charge is 0.470 e. The standard InChI is InChI=1S/C54H67N10O8PS/c1-6-48(66)58-44-28-36(57-50-53(68)60(5)31-45(59-50)39-16-22-56-51(42(39)32-65)64-24-18-41-40-9-7-8-10-47(40)74-49(41)52(64)67)11-12-46(44)63-26-25-61(30-34(63)3)37-17-23-62(33(2)27-37)38-15-21-55-43(29-38)35-13-19-54(4,20-14-35)72-73(69,70)71/h6,11-12,15-16,21-22,28-29,31,33-35,37,65H,1,7-10,13-14,17-20,23-27,30,32H2,2-5H3,(H,57,59)(H,58,66)(H2,69,70,71)/t33-,34+,35?,37?,54?/m1/s1. The average Bonchev–Trinajstić information content (AvgIpc) is 3.77. The topological polar surface area (TPSA) is 219 Å². The number of hydrogen-bond donors (Lipinski definition) is 5. The molecule has 74 heavy (non-hydrogen) atoms. The van der Waals surface area contributed by atoms with Gasteiger partial charge in [-0.05, 0) is 145 Å². The Hall–Kier alpha value is -5.79. The van der Waals surface area contributed by atoms with Crippen molar-refractivity contribution in [3.63, 3.8) is 0 Å². The van der Waals surface area contributed by atoms with E-state index in [1.165, 1.54) is 26.6 Å². The molecular weight excluding hydrogens is 980 g/mol. The Balaban J connectivity index is 0.815. The molecule has 0 bridgehead atoms. The highest BCUT2D eigenvalue weighted by Crippen LogP contribution is 2.49. The first kappa shape index (κ1) is 51.7. The zero-order valence-electron chi connectivity index (χ0n) is 42.6. The third-order valence-electron chi connectivity index (χ3n) is 16.0. The minimum absolute atomic E-state index is 0.0426. The maximum absolute atomic E-state index is 14.1. The number of aryl methyl sites for hydroxylation is 2. The van der Waals surface area contributed by atoms with Crippen molar-refractivity contribution < 1.29 is 33.6 Å². The predicted molar refractivity (Wildman–Crippen MR) is 289 cm³/mol. The molecule has 0 radical (unpaired) electrons. The number of fused-ring (bicyclic) bond motifs is 3. The van der Waals surface area contributed by atoms with Gasteiger partial charge in [0.2, 0.25) is 5.91 Å². The molecule has 7 heterocycles. The van der Waals surface area contributed by atoms with Crippen LogP contribution in [0.1, 0.15) is 115 Å². The Kier molecular flexibility index (Phi) is 14.7. The van der Waals surface area contributed by atoms with Gasteiger partial charge in [0, 0.05) is 115 Å². The fourth-order valence-corrected chi connectivity index (χ4v) is 14.4. The van der Waals surface area contributed by atoms with Crippen LogP contribution in [-0.2, 0) is 46.8 Å². The van der Waals surface area contributed by atoms with Crippen molar-refractivity contribution >= 4 is 65.4 Å². The number of pyridine rings is 2. The molecule has 2 saturated heterocycles. The average molecular weight is 1050 g/mol.